The SMILES string of the molecule is Oc1cc2c(cc1O)C(c1ccccc1)[NH2+]CC2. The van der Waals surface area contributed by atoms with Gasteiger partial charge in [-0.05, 0) is 17.7 Å². The highest BCUT2D eigenvalue weighted by molar-refractivity contribution is 5.48. The van der Waals surface area contributed by atoms with E-state index in [1.807, 2.05) is 18.2 Å². The van der Waals surface area contributed by atoms with Crippen molar-refractivity contribution in [3.05, 3.63) is 59.2 Å². The van der Waals surface area contributed by atoms with E-state index in [2.05, 4.69) is 17.4 Å². The molecular formula is C15H16NO2+. The molecule has 3 rings (SSSR count). The molecule has 0 amide bonds. The fourth-order valence-corrected chi connectivity index (χ4v) is 2.65. The highest BCUT2D eigenvalue weighted by Gasteiger charge is 2.26. The maximum Gasteiger partial charge on any atom is 0.157 e. The maximum absolute atomic E-state index is 9.68. The molecule has 0 aromatic heterocycles. The Morgan fingerprint density at radius 3 is 2.50 bits per heavy atom. The molecule has 0 saturated carbocycles. The fourth-order valence-electron chi connectivity index (χ4n) is 2.65. The van der Waals surface area contributed by atoms with Crippen molar-refractivity contribution in [2.75, 3.05) is 6.54 Å². The first-order chi connectivity index (χ1) is 8.75. The number of benzene rings is 2. The predicted molar refractivity (Wildman–Crippen MR) is 68.6 cm³/mol. The van der Waals surface area contributed by atoms with Crippen molar-refractivity contribution in [3.63, 3.8) is 0 Å². The fraction of sp³-hybridized carbons (Fsp3) is 0.200. The molecule has 92 valence electrons. The van der Waals surface area contributed by atoms with Crippen molar-refractivity contribution >= 4 is 0 Å². The molecule has 2 aromatic carbocycles. The largest absolute Gasteiger partial charge is 0.504 e. The van der Waals surface area contributed by atoms with Crippen molar-refractivity contribution in [2.24, 2.45) is 0 Å². The lowest BCUT2D eigenvalue weighted by atomic mass is 9.89. The van der Waals surface area contributed by atoms with Crippen LogP contribution >= 0.6 is 0 Å². The van der Waals surface area contributed by atoms with Gasteiger partial charge in [-0.1, -0.05) is 30.3 Å². The second-order valence-corrected chi connectivity index (χ2v) is 4.70. The first-order valence-electron chi connectivity index (χ1n) is 6.19. The molecule has 18 heavy (non-hydrogen) atoms. The van der Waals surface area contributed by atoms with Crippen molar-refractivity contribution in [2.45, 2.75) is 12.5 Å². The Kier molecular flexibility index (Phi) is 2.68. The summed E-state index contributed by atoms with van der Waals surface area (Å²) in [5.74, 6) is -0.0626. The number of hydrogen-bond acceptors (Lipinski definition) is 2. The molecule has 1 aliphatic heterocycles. The molecule has 0 fully saturated rings. The van der Waals surface area contributed by atoms with Gasteiger partial charge in [0.1, 0.15) is 6.04 Å². The molecule has 0 radical (unpaired) electrons. The summed E-state index contributed by atoms with van der Waals surface area (Å²) in [6.45, 7) is 0.997. The van der Waals surface area contributed by atoms with Crippen LogP contribution in [0.1, 0.15) is 22.7 Å². The van der Waals surface area contributed by atoms with E-state index in [1.54, 1.807) is 12.1 Å². The van der Waals surface area contributed by atoms with E-state index in [4.69, 9.17) is 0 Å². The van der Waals surface area contributed by atoms with Gasteiger partial charge in [-0.3, -0.25) is 0 Å². The number of phenolic OH excluding ortho intramolecular Hbond substituents is 2. The molecule has 3 nitrogen and oxygen atoms in total. The van der Waals surface area contributed by atoms with E-state index in [-0.39, 0.29) is 17.5 Å². The van der Waals surface area contributed by atoms with Gasteiger partial charge in [-0.15, -0.1) is 0 Å². The monoisotopic (exact) mass is 242 g/mol. The van der Waals surface area contributed by atoms with E-state index in [0.717, 1.165) is 24.1 Å². The summed E-state index contributed by atoms with van der Waals surface area (Å²) in [5, 5.41) is 21.5. The van der Waals surface area contributed by atoms with E-state index >= 15 is 0 Å². The maximum atomic E-state index is 9.68. The number of phenols is 2. The van der Waals surface area contributed by atoms with Crippen LogP contribution in [0, 0.1) is 0 Å². The summed E-state index contributed by atoms with van der Waals surface area (Å²) >= 11 is 0. The molecule has 0 saturated heterocycles. The van der Waals surface area contributed by atoms with E-state index in [0.29, 0.717) is 0 Å². The minimum atomic E-state index is -0.0371. The third-order valence-corrected chi connectivity index (χ3v) is 3.55. The van der Waals surface area contributed by atoms with Crippen LogP contribution in [-0.2, 0) is 6.42 Å². The van der Waals surface area contributed by atoms with Crippen LogP contribution in [0.5, 0.6) is 11.5 Å². The van der Waals surface area contributed by atoms with Gasteiger partial charge in [-0.2, -0.15) is 0 Å². The van der Waals surface area contributed by atoms with Crippen LogP contribution in [0.3, 0.4) is 0 Å². The standard InChI is InChI=1S/C15H15NO2/c17-13-8-11-6-7-16-15(12(11)9-14(13)18)10-4-2-1-3-5-10/h1-5,8-9,15-18H,6-7H2/p+1. The molecule has 0 bridgehead atoms. The van der Waals surface area contributed by atoms with Crippen LogP contribution in [0.25, 0.3) is 0 Å². The Balaban J connectivity index is 2.09. The van der Waals surface area contributed by atoms with E-state index < -0.39 is 0 Å². The normalized spacial score (nSPS) is 18.3. The summed E-state index contributed by atoms with van der Waals surface area (Å²) in [5.41, 5.74) is 3.45. The second-order valence-electron chi connectivity index (χ2n) is 4.70. The van der Waals surface area contributed by atoms with Crippen LogP contribution in [0.2, 0.25) is 0 Å². The minimum absolute atomic E-state index is 0.0255. The van der Waals surface area contributed by atoms with Crippen molar-refractivity contribution in [1.29, 1.82) is 0 Å². The van der Waals surface area contributed by atoms with Gasteiger partial charge in [0.25, 0.3) is 0 Å². The lowest BCUT2D eigenvalue weighted by Gasteiger charge is -2.24. The highest BCUT2D eigenvalue weighted by Crippen LogP contribution is 2.33. The summed E-state index contributed by atoms with van der Waals surface area (Å²) in [6, 6.07) is 13.8. The molecule has 0 spiro atoms. The molecule has 2 aromatic rings. The average molecular weight is 242 g/mol. The molecule has 4 N–H and O–H groups in total. The highest BCUT2D eigenvalue weighted by atomic mass is 16.3. The van der Waals surface area contributed by atoms with Crippen LogP contribution in [0.15, 0.2) is 42.5 Å². The first-order valence-corrected chi connectivity index (χ1v) is 6.19. The van der Waals surface area contributed by atoms with Crippen molar-refractivity contribution < 1.29 is 15.5 Å². The zero-order valence-corrected chi connectivity index (χ0v) is 10.0. The van der Waals surface area contributed by atoms with Gasteiger partial charge in [0.05, 0.1) is 6.54 Å². The topological polar surface area (TPSA) is 57.1 Å². The molecule has 3 heteroatoms. The van der Waals surface area contributed by atoms with Gasteiger partial charge >= 0.3 is 0 Å². The second kappa shape index (κ2) is 4.35. The number of fused-ring (bicyclic) bond motifs is 1. The number of aromatic hydroxyl groups is 2. The van der Waals surface area contributed by atoms with Crippen molar-refractivity contribution in [1.82, 2.24) is 0 Å². The van der Waals surface area contributed by atoms with Gasteiger partial charge in [-0.25, -0.2) is 0 Å². The van der Waals surface area contributed by atoms with Gasteiger partial charge in [0.15, 0.2) is 11.5 Å². The summed E-state index contributed by atoms with van der Waals surface area (Å²) in [6.07, 6.45) is 0.923. The molecule has 0 aliphatic carbocycles. The van der Waals surface area contributed by atoms with Crippen LogP contribution in [0.4, 0.5) is 0 Å². The molecule has 1 heterocycles. The van der Waals surface area contributed by atoms with Crippen LogP contribution < -0.4 is 5.32 Å². The molecule has 1 atom stereocenters. The quantitative estimate of drug-likeness (QED) is 0.660. The predicted octanol–water partition coefficient (Wildman–Crippen LogP) is 1.31. The van der Waals surface area contributed by atoms with E-state index in [1.165, 1.54) is 5.56 Å². The number of hydrogen-bond donors (Lipinski definition) is 3. The molecule has 1 aliphatic rings. The van der Waals surface area contributed by atoms with Crippen molar-refractivity contribution in [3.8, 4) is 11.5 Å². The smallest absolute Gasteiger partial charge is 0.157 e. The number of quaternary nitrogens is 1. The molecular weight excluding hydrogens is 226 g/mol. The van der Waals surface area contributed by atoms with Crippen LogP contribution in [-0.4, -0.2) is 16.8 Å². The average Bonchev–Trinajstić information content (AvgIpc) is 2.40. The number of rotatable bonds is 1. The zero-order chi connectivity index (χ0) is 12.5. The van der Waals surface area contributed by atoms with Gasteiger partial charge < -0.3 is 15.5 Å². The Morgan fingerprint density at radius 1 is 1.00 bits per heavy atom. The number of nitrogens with two attached hydrogens (primary N) is 1. The van der Waals surface area contributed by atoms with Gasteiger partial charge in [0, 0.05) is 17.5 Å². The summed E-state index contributed by atoms with van der Waals surface area (Å²) in [4.78, 5) is 0. The van der Waals surface area contributed by atoms with Gasteiger partial charge in [0.2, 0.25) is 0 Å². The zero-order valence-electron chi connectivity index (χ0n) is 10.0. The Hall–Kier alpha value is -2.00. The minimum Gasteiger partial charge on any atom is -0.504 e. The Bertz CT molecular complexity index is 566. The van der Waals surface area contributed by atoms with E-state index in [9.17, 15) is 10.2 Å². The summed E-state index contributed by atoms with van der Waals surface area (Å²) < 4.78 is 0. The lowest BCUT2D eigenvalue weighted by Crippen LogP contribution is -2.87. The Labute approximate surface area is 106 Å². The lowest BCUT2D eigenvalue weighted by molar-refractivity contribution is -0.690. The third-order valence-electron chi connectivity index (χ3n) is 3.55. The molecule has 1 unspecified atom stereocenters. The summed E-state index contributed by atoms with van der Waals surface area (Å²) in [7, 11) is 0. The Morgan fingerprint density at radius 2 is 1.72 bits per heavy atom. The third kappa shape index (κ3) is 1.83. The first kappa shape index (κ1) is 11.1.